The Morgan fingerprint density at radius 2 is 1.71 bits per heavy atom. The normalized spacial score (nSPS) is 10.3. The molecular formula is C17H19NO3. The minimum atomic E-state index is -0.235. The van der Waals surface area contributed by atoms with Gasteiger partial charge in [-0.3, -0.25) is 4.79 Å². The van der Waals surface area contributed by atoms with Gasteiger partial charge in [-0.05, 0) is 28.8 Å². The summed E-state index contributed by atoms with van der Waals surface area (Å²) in [5.41, 5.74) is 3.16. The average molecular weight is 285 g/mol. The highest BCUT2D eigenvalue weighted by Gasteiger charge is 2.07. The Labute approximate surface area is 124 Å². The van der Waals surface area contributed by atoms with Crippen molar-refractivity contribution in [3.05, 3.63) is 65.2 Å². The van der Waals surface area contributed by atoms with Crippen LogP contribution in [0.2, 0.25) is 0 Å². The highest BCUT2D eigenvalue weighted by Crippen LogP contribution is 2.12. The van der Waals surface area contributed by atoms with Crippen molar-refractivity contribution < 1.29 is 14.6 Å². The first-order valence-corrected chi connectivity index (χ1v) is 6.81. The van der Waals surface area contributed by atoms with Gasteiger partial charge in [-0.2, -0.15) is 0 Å². The van der Waals surface area contributed by atoms with Gasteiger partial charge < -0.3 is 15.2 Å². The molecule has 0 radical (unpaired) electrons. The molecule has 0 aliphatic heterocycles. The first kappa shape index (κ1) is 15.1. The Bertz CT molecular complexity index is 593. The van der Waals surface area contributed by atoms with Crippen LogP contribution in [0.15, 0.2) is 48.5 Å². The first-order valence-electron chi connectivity index (χ1n) is 6.81. The molecule has 110 valence electrons. The zero-order valence-corrected chi connectivity index (χ0v) is 12.0. The average Bonchev–Trinajstić information content (AvgIpc) is 2.51. The van der Waals surface area contributed by atoms with E-state index in [0.717, 1.165) is 16.7 Å². The fourth-order valence-corrected chi connectivity index (χ4v) is 2.09. The SMILES string of the molecule is COC(=O)Cc1ccccc1CNCc1ccc(O)cc1. The molecule has 21 heavy (non-hydrogen) atoms. The lowest BCUT2D eigenvalue weighted by molar-refractivity contribution is -0.139. The molecule has 0 fully saturated rings. The lowest BCUT2D eigenvalue weighted by Crippen LogP contribution is -2.15. The van der Waals surface area contributed by atoms with Gasteiger partial charge in [-0.15, -0.1) is 0 Å². The van der Waals surface area contributed by atoms with Crippen molar-refractivity contribution >= 4 is 5.97 Å². The maximum absolute atomic E-state index is 11.4. The molecule has 0 unspecified atom stereocenters. The molecule has 2 aromatic carbocycles. The van der Waals surface area contributed by atoms with Gasteiger partial charge in [0.05, 0.1) is 13.5 Å². The Hall–Kier alpha value is -2.33. The Morgan fingerprint density at radius 1 is 1.05 bits per heavy atom. The number of esters is 1. The summed E-state index contributed by atoms with van der Waals surface area (Å²) in [4.78, 5) is 11.4. The molecule has 0 aliphatic rings. The van der Waals surface area contributed by atoms with Gasteiger partial charge in [-0.1, -0.05) is 36.4 Å². The summed E-state index contributed by atoms with van der Waals surface area (Å²) in [5.74, 6) is 0.0307. The molecule has 0 atom stereocenters. The minimum Gasteiger partial charge on any atom is -0.508 e. The smallest absolute Gasteiger partial charge is 0.309 e. The zero-order chi connectivity index (χ0) is 15.1. The topological polar surface area (TPSA) is 58.6 Å². The summed E-state index contributed by atoms with van der Waals surface area (Å²) in [7, 11) is 1.40. The number of hydrogen-bond donors (Lipinski definition) is 2. The van der Waals surface area contributed by atoms with Crippen LogP contribution in [0.4, 0.5) is 0 Å². The van der Waals surface area contributed by atoms with Crippen LogP contribution in [0.3, 0.4) is 0 Å². The summed E-state index contributed by atoms with van der Waals surface area (Å²) in [6, 6.07) is 14.9. The van der Waals surface area contributed by atoms with Crippen molar-refractivity contribution in [3.63, 3.8) is 0 Å². The largest absolute Gasteiger partial charge is 0.508 e. The lowest BCUT2D eigenvalue weighted by atomic mass is 10.0. The van der Waals surface area contributed by atoms with Crippen molar-refractivity contribution in [1.29, 1.82) is 0 Å². The van der Waals surface area contributed by atoms with Gasteiger partial charge in [0.1, 0.15) is 5.75 Å². The molecule has 4 nitrogen and oxygen atoms in total. The number of aromatic hydroxyl groups is 1. The molecular weight excluding hydrogens is 266 g/mol. The van der Waals surface area contributed by atoms with Crippen LogP contribution >= 0.6 is 0 Å². The van der Waals surface area contributed by atoms with E-state index in [1.807, 2.05) is 36.4 Å². The van der Waals surface area contributed by atoms with Crippen LogP contribution in [0.25, 0.3) is 0 Å². The number of benzene rings is 2. The van der Waals surface area contributed by atoms with E-state index in [1.165, 1.54) is 7.11 Å². The number of phenols is 1. The van der Waals surface area contributed by atoms with Crippen molar-refractivity contribution in [2.45, 2.75) is 19.5 Å². The predicted octanol–water partition coefficient (Wildman–Crippen LogP) is 2.40. The van der Waals surface area contributed by atoms with Gasteiger partial charge in [0.15, 0.2) is 0 Å². The lowest BCUT2D eigenvalue weighted by Gasteiger charge is -2.10. The maximum Gasteiger partial charge on any atom is 0.309 e. The van der Waals surface area contributed by atoms with E-state index < -0.39 is 0 Å². The molecule has 0 spiro atoms. The van der Waals surface area contributed by atoms with Crippen LogP contribution in [0.1, 0.15) is 16.7 Å². The Kier molecular flexibility index (Phi) is 5.35. The van der Waals surface area contributed by atoms with Crippen LogP contribution in [0, 0.1) is 0 Å². The predicted molar refractivity (Wildman–Crippen MR) is 80.8 cm³/mol. The van der Waals surface area contributed by atoms with E-state index in [-0.39, 0.29) is 18.1 Å². The number of rotatable bonds is 6. The summed E-state index contributed by atoms with van der Waals surface area (Å²) < 4.78 is 4.71. The Morgan fingerprint density at radius 3 is 2.38 bits per heavy atom. The molecule has 2 N–H and O–H groups in total. The number of methoxy groups -OCH3 is 1. The van der Waals surface area contributed by atoms with E-state index in [4.69, 9.17) is 4.74 Å². The van der Waals surface area contributed by atoms with Crippen molar-refractivity contribution in [1.82, 2.24) is 5.32 Å². The fraction of sp³-hybridized carbons (Fsp3) is 0.235. The highest BCUT2D eigenvalue weighted by atomic mass is 16.5. The number of phenolic OH excluding ortho intramolecular Hbond substituents is 1. The quantitative estimate of drug-likeness (QED) is 0.800. The van der Waals surface area contributed by atoms with Gasteiger partial charge in [0, 0.05) is 13.1 Å². The van der Waals surface area contributed by atoms with Crippen molar-refractivity contribution in [3.8, 4) is 5.75 Å². The summed E-state index contributed by atoms with van der Waals surface area (Å²) >= 11 is 0. The van der Waals surface area contributed by atoms with Crippen molar-refractivity contribution in [2.24, 2.45) is 0 Å². The van der Waals surface area contributed by atoms with E-state index in [0.29, 0.717) is 13.1 Å². The molecule has 2 rings (SSSR count). The minimum absolute atomic E-state index is 0.235. The van der Waals surface area contributed by atoms with Crippen LogP contribution in [0.5, 0.6) is 5.75 Å². The second-order valence-electron chi connectivity index (χ2n) is 4.79. The summed E-state index contributed by atoms with van der Waals surface area (Å²) in [6.45, 7) is 1.38. The molecule has 0 bridgehead atoms. The maximum atomic E-state index is 11.4. The third-order valence-corrected chi connectivity index (χ3v) is 3.26. The van der Waals surface area contributed by atoms with Gasteiger partial charge >= 0.3 is 5.97 Å². The molecule has 0 saturated heterocycles. The fourth-order valence-electron chi connectivity index (χ4n) is 2.09. The molecule has 0 amide bonds. The number of hydrogen-bond acceptors (Lipinski definition) is 4. The second kappa shape index (κ2) is 7.45. The van der Waals surface area contributed by atoms with E-state index in [1.54, 1.807) is 12.1 Å². The number of ether oxygens (including phenoxy) is 1. The Balaban J connectivity index is 1.93. The van der Waals surface area contributed by atoms with Crippen LogP contribution in [-0.4, -0.2) is 18.2 Å². The van der Waals surface area contributed by atoms with Crippen LogP contribution in [-0.2, 0) is 29.0 Å². The third kappa shape index (κ3) is 4.61. The summed E-state index contributed by atoms with van der Waals surface area (Å²) in [6.07, 6.45) is 0.285. The van der Waals surface area contributed by atoms with E-state index in [2.05, 4.69) is 5.32 Å². The number of carbonyl (C=O) groups is 1. The highest BCUT2D eigenvalue weighted by molar-refractivity contribution is 5.72. The molecule has 2 aromatic rings. The van der Waals surface area contributed by atoms with Gasteiger partial charge in [0.2, 0.25) is 0 Å². The molecule has 0 aliphatic carbocycles. The van der Waals surface area contributed by atoms with Crippen LogP contribution < -0.4 is 5.32 Å². The monoisotopic (exact) mass is 285 g/mol. The molecule has 0 aromatic heterocycles. The molecule has 0 saturated carbocycles. The number of carbonyl (C=O) groups excluding carboxylic acids is 1. The molecule has 4 heteroatoms. The summed E-state index contributed by atoms with van der Waals surface area (Å²) in [5, 5.41) is 12.6. The van der Waals surface area contributed by atoms with Gasteiger partial charge in [-0.25, -0.2) is 0 Å². The zero-order valence-electron chi connectivity index (χ0n) is 12.0. The second-order valence-corrected chi connectivity index (χ2v) is 4.79. The van der Waals surface area contributed by atoms with E-state index in [9.17, 15) is 9.90 Å². The van der Waals surface area contributed by atoms with E-state index >= 15 is 0 Å². The first-order chi connectivity index (χ1) is 10.2. The molecule has 0 heterocycles. The third-order valence-electron chi connectivity index (χ3n) is 3.26. The van der Waals surface area contributed by atoms with Gasteiger partial charge in [0.25, 0.3) is 0 Å². The standard InChI is InChI=1S/C17H19NO3/c1-21-17(20)10-14-4-2-3-5-15(14)12-18-11-13-6-8-16(19)9-7-13/h2-9,18-19H,10-12H2,1H3. The number of nitrogens with one attached hydrogen (secondary N) is 1. The van der Waals surface area contributed by atoms with Crippen molar-refractivity contribution in [2.75, 3.05) is 7.11 Å².